The Morgan fingerprint density at radius 2 is 2.08 bits per heavy atom. The average molecular weight is 187 g/mol. The van der Waals surface area contributed by atoms with Gasteiger partial charge in [0.05, 0.1) is 0 Å². The summed E-state index contributed by atoms with van der Waals surface area (Å²) in [6.45, 7) is 2.03. The molecule has 1 aromatic carbocycles. The maximum atomic E-state index is 2.22. The molecule has 1 heteroatoms. The number of fused-ring (bicyclic) bond motifs is 1. The second-order valence-corrected chi connectivity index (χ2v) is 3.99. The first-order valence-electron chi connectivity index (χ1n) is 4.35. The first-order chi connectivity index (χ1) is 6.40. The van der Waals surface area contributed by atoms with E-state index >= 15 is 0 Å². The van der Waals surface area contributed by atoms with Crippen molar-refractivity contribution < 1.29 is 0 Å². The van der Waals surface area contributed by atoms with Gasteiger partial charge < -0.3 is 0 Å². The minimum Gasteiger partial charge on any atom is -0.140 e. The third-order valence-electron chi connectivity index (χ3n) is 1.90. The van der Waals surface area contributed by atoms with Gasteiger partial charge in [0.25, 0.3) is 0 Å². The lowest BCUT2D eigenvalue weighted by molar-refractivity contribution is 1.63. The summed E-state index contributed by atoms with van der Waals surface area (Å²) in [5.41, 5.74) is 0. The maximum Gasteiger partial charge on any atom is 0.0345 e. The van der Waals surface area contributed by atoms with E-state index in [4.69, 9.17) is 0 Å². The zero-order chi connectivity index (χ0) is 9.10. The van der Waals surface area contributed by atoms with E-state index in [0.29, 0.717) is 0 Å². The predicted octanol–water partition coefficient (Wildman–Crippen LogP) is 4.03. The van der Waals surface area contributed by atoms with E-state index in [9.17, 15) is 0 Å². The summed E-state index contributed by atoms with van der Waals surface area (Å²) in [4.78, 5) is 1.32. The molecule has 0 bridgehead atoms. The summed E-state index contributed by atoms with van der Waals surface area (Å²) in [5.74, 6) is 0. The Kier molecular flexibility index (Phi) is 2.46. The Morgan fingerprint density at radius 3 is 2.85 bits per heavy atom. The molecule has 2 aromatic rings. The Hall–Kier alpha value is -1.08. The molecule has 0 aliphatic carbocycles. The minimum absolute atomic E-state index is 1.32. The number of rotatable bonds is 2. The molecule has 65 valence electrons. The second-order valence-electron chi connectivity index (χ2n) is 2.88. The van der Waals surface area contributed by atoms with Gasteiger partial charge in [-0.3, -0.25) is 0 Å². The van der Waals surface area contributed by atoms with Crippen LogP contribution in [0.4, 0.5) is 0 Å². The molecule has 0 nitrogen and oxygen atoms in total. The summed E-state index contributed by atoms with van der Waals surface area (Å²) in [5, 5.41) is 1.34. The predicted molar refractivity (Wildman–Crippen MR) is 60.0 cm³/mol. The summed E-state index contributed by atoms with van der Waals surface area (Å²) >= 11 is 1.83. The van der Waals surface area contributed by atoms with Gasteiger partial charge in [-0.25, -0.2) is 0 Å². The lowest BCUT2D eigenvalue weighted by Gasteiger charge is -1.83. The van der Waals surface area contributed by atoms with E-state index in [2.05, 4.69) is 42.8 Å². The molecule has 1 radical (unpaired) electrons. The summed E-state index contributed by atoms with van der Waals surface area (Å²) in [6.07, 6.45) is 6.26. The van der Waals surface area contributed by atoms with Crippen LogP contribution in [-0.4, -0.2) is 0 Å². The van der Waals surface area contributed by atoms with E-state index in [1.54, 1.807) is 0 Å². The summed E-state index contributed by atoms with van der Waals surface area (Å²) < 4.78 is 1.36. The standard InChI is InChI=1S/C12H11S/c1-2-3-7-11-9-10-6-4-5-8-12(10)13-11/h2-9H,1H3/b3-2+. The molecule has 1 aromatic heterocycles. The Morgan fingerprint density at radius 1 is 1.23 bits per heavy atom. The van der Waals surface area contributed by atoms with Crippen molar-refractivity contribution in [2.75, 3.05) is 0 Å². The van der Waals surface area contributed by atoms with E-state index in [0.717, 1.165) is 0 Å². The fourth-order valence-corrected chi connectivity index (χ4v) is 2.25. The normalized spacial score (nSPS) is 11.5. The molecule has 0 unspecified atom stereocenters. The molecule has 0 saturated heterocycles. The molecule has 1 heterocycles. The number of hydrogen-bond acceptors (Lipinski definition) is 1. The number of hydrogen-bond donors (Lipinski definition) is 0. The molecule has 2 rings (SSSR count). The Balaban J connectivity index is 2.38. The van der Waals surface area contributed by atoms with Crippen molar-refractivity contribution >= 4 is 21.4 Å². The van der Waals surface area contributed by atoms with Crippen LogP contribution >= 0.6 is 11.3 Å². The molecule has 13 heavy (non-hydrogen) atoms. The molecule has 0 spiro atoms. The molecule has 0 aliphatic rings. The van der Waals surface area contributed by atoms with E-state index in [1.807, 2.05) is 24.3 Å². The largest absolute Gasteiger partial charge is 0.140 e. The Labute approximate surface area is 82.5 Å². The van der Waals surface area contributed by atoms with Crippen molar-refractivity contribution in [2.24, 2.45) is 0 Å². The third kappa shape index (κ3) is 1.81. The van der Waals surface area contributed by atoms with Gasteiger partial charge >= 0.3 is 0 Å². The van der Waals surface area contributed by atoms with Crippen LogP contribution < -0.4 is 0 Å². The lowest BCUT2D eigenvalue weighted by atomic mass is 10.2. The number of benzene rings is 1. The SMILES string of the molecule is C/C=C/[CH]c1cc2ccccc2s1. The van der Waals surface area contributed by atoms with Gasteiger partial charge in [-0.15, -0.1) is 11.3 Å². The fraction of sp³-hybridized carbons (Fsp3) is 0.0833. The van der Waals surface area contributed by atoms with E-state index in [-0.39, 0.29) is 0 Å². The fourth-order valence-electron chi connectivity index (χ4n) is 1.28. The molecule has 0 aliphatic heterocycles. The van der Waals surface area contributed by atoms with Gasteiger partial charge in [-0.2, -0.15) is 0 Å². The number of thiophene rings is 1. The summed E-state index contributed by atoms with van der Waals surface area (Å²) in [6, 6.07) is 10.7. The van der Waals surface area contributed by atoms with Crippen molar-refractivity contribution in [3.63, 3.8) is 0 Å². The molecule has 0 atom stereocenters. The van der Waals surface area contributed by atoms with E-state index in [1.165, 1.54) is 15.0 Å². The molecule has 0 amide bonds. The van der Waals surface area contributed by atoms with Crippen LogP contribution in [0.3, 0.4) is 0 Å². The van der Waals surface area contributed by atoms with Crippen molar-refractivity contribution in [3.05, 3.63) is 53.8 Å². The first-order valence-corrected chi connectivity index (χ1v) is 5.16. The zero-order valence-corrected chi connectivity index (χ0v) is 8.34. The molecule has 0 fully saturated rings. The average Bonchev–Trinajstić information content (AvgIpc) is 2.57. The van der Waals surface area contributed by atoms with Crippen LogP contribution in [0.25, 0.3) is 10.1 Å². The monoisotopic (exact) mass is 187 g/mol. The van der Waals surface area contributed by atoms with Crippen LogP contribution in [-0.2, 0) is 0 Å². The highest BCUT2D eigenvalue weighted by molar-refractivity contribution is 7.19. The zero-order valence-electron chi connectivity index (χ0n) is 7.53. The summed E-state index contributed by atoms with van der Waals surface area (Å²) in [7, 11) is 0. The first kappa shape index (κ1) is 8.52. The van der Waals surface area contributed by atoms with Gasteiger partial charge in [-0.05, 0) is 24.4 Å². The lowest BCUT2D eigenvalue weighted by Crippen LogP contribution is -1.64. The van der Waals surface area contributed by atoms with Gasteiger partial charge in [0, 0.05) is 16.0 Å². The van der Waals surface area contributed by atoms with Crippen LogP contribution in [0.2, 0.25) is 0 Å². The number of allylic oxidation sites excluding steroid dienone is 2. The van der Waals surface area contributed by atoms with Gasteiger partial charge in [0.15, 0.2) is 0 Å². The van der Waals surface area contributed by atoms with Crippen LogP contribution in [0.1, 0.15) is 11.8 Å². The maximum absolute atomic E-state index is 2.22. The quantitative estimate of drug-likeness (QED) is 0.666. The van der Waals surface area contributed by atoms with Crippen molar-refractivity contribution in [2.45, 2.75) is 6.92 Å². The molecular weight excluding hydrogens is 176 g/mol. The van der Waals surface area contributed by atoms with Crippen molar-refractivity contribution in [1.82, 2.24) is 0 Å². The van der Waals surface area contributed by atoms with Gasteiger partial charge in [-0.1, -0.05) is 30.4 Å². The smallest absolute Gasteiger partial charge is 0.0345 e. The van der Waals surface area contributed by atoms with Crippen LogP contribution in [0.5, 0.6) is 0 Å². The highest BCUT2D eigenvalue weighted by Crippen LogP contribution is 2.26. The second kappa shape index (κ2) is 3.75. The van der Waals surface area contributed by atoms with E-state index < -0.39 is 0 Å². The highest BCUT2D eigenvalue weighted by atomic mass is 32.1. The molecule has 0 N–H and O–H groups in total. The van der Waals surface area contributed by atoms with Crippen molar-refractivity contribution in [1.29, 1.82) is 0 Å². The van der Waals surface area contributed by atoms with Crippen molar-refractivity contribution in [3.8, 4) is 0 Å². The molecular formula is C12H11S. The third-order valence-corrected chi connectivity index (χ3v) is 2.98. The topological polar surface area (TPSA) is 0 Å². The van der Waals surface area contributed by atoms with Crippen LogP contribution in [0.15, 0.2) is 42.5 Å². The Bertz CT molecular complexity index is 390. The van der Waals surface area contributed by atoms with Gasteiger partial charge in [0.2, 0.25) is 0 Å². The highest BCUT2D eigenvalue weighted by Gasteiger charge is 1.98. The molecule has 0 saturated carbocycles. The van der Waals surface area contributed by atoms with Gasteiger partial charge in [0.1, 0.15) is 0 Å². The minimum atomic E-state index is 1.32. The van der Waals surface area contributed by atoms with Crippen LogP contribution in [0, 0.1) is 6.42 Å².